The van der Waals surface area contributed by atoms with Crippen LogP contribution in [0, 0.1) is 18.3 Å². The van der Waals surface area contributed by atoms with Gasteiger partial charge in [0.15, 0.2) is 0 Å². The van der Waals surface area contributed by atoms with E-state index in [0.717, 1.165) is 21.4 Å². The van der Waals surface area contributed by atoms with E-state index < -0.39 is 11.9 Å². The lowest BCUT2D eigenvalue weighted by Crippen LogP contribution is -2.10. The minimum atomic E-state index is -0.522. The first-order valence-corrected chi connectivity index (χ1v) is 10.2. The molecule has 0 saturated heterocycles. The second-order valence-electron chi connectivity index (χ2n) is 5.43. The van der Waals surface area contributed by atoms with Crippen molar-refractivity contribution in [3.05, 3.63) is 49.1 Å². The second-order valence-corrected chi connectivity index (χ2v) is 8.32. The fourth-order valence-electron chi connectivity index (χ4n) is 2.47. The topological polar surface area (TPSA) is 79.2 Å². The minimum Gasteiger partial charge on any atom is -0.462 e. The Morgan fingerprint density at radius 3 is 2.67 bits per heavy atom. The van der Waals surface area contributed by atoms with Crippen molar-refractivity contribution >= 4 is 72.8 Å². The van der Waals surface area contributed by atoms with Crippen LogP contribution >= 0.6 is 45.9 Å². The number of nitrogens with one attached hydrogen (secondary N) is 1. The zero-order chi connectivity index (χ0) is 19.7. The van der Waals surface area contributed by atoms with Gasteiger partial charge in [0.2, 0.25) is 0 Å². The number of rotatable bonds is 4. The van der Waals surface area contributed by atoms with Crippen molar-refractivity contribution in [2.24, 2.45) is 0 Å². The number of fused-ring (bicyclic) bond motifs is 1. The van der Waals surface area contributed by atoms with Gasteiger partial charge in [-0.2, -0.15) is 5.26 Å². The molecule has 0 bridgehead atoms. The molecule has 0 aliphatic carbocycles. The Morgan fingerprint density at radius 2 is 2.00 bits per heavy atom. The molecule has 0 unspecified atom stereocenters. The molecule has 0 fully saturated rings. The van der Waals surface area contributed by atoms with Gasteiger partial charge >= 0.3 is 5.97 Å². The van der Waals surface area contributed by atoms with E-state index in [1.165, 1.54) is 11.3 Å². The number of carbonyl (C=O) groups is 2. The van der Waals surface area contributed by atoms with Gasteiger partial charge in [-0.3, -0.25) is 4.79 Å². The summed E-state index contributed by atoms with van der Waals surface area (Å²) in [4.78, 5) is 25.4. The highest BCUT2D eigenvalue weighted by atomic mass is 35.5. The molecule has 0 aliphatic heterocycles. The first-order valence-electron chi connectivity index (χ1n) is 7.76. The van der Waals surface area contributed by atoms with Gasteiger partial charge in [0.25, 0.3) is 5.91 Å². The molecule has 2 aromatic heterocycles. The van der Waals surface area contributed by atoms with E-state index in [9.17, 15) is 14.9 Å². The molecule has 0 spiro atoms. The Bertz CT molecular complexity index is 1110. The summed E-state index contributed by atoms with van der Waals surface area (Å²) in [5.41, 5.74) is 0.710. The standard InChI is InChI=1S/C18H12Cl2N2O3S2/c1-3-25-18(24)14-8(2)11(7-21)17(27-14)22-16(23)15-13(20)10-5-4-9(19)6-12(10)26-15/h4-6H,3H2,1-2H3,(H,22,23). The summed E-state index contributed by atoms with van der Waals surface area (Å²) in [6.45, 7) is 3.57. The van der Waals surface area contributed by atoms with Gasteiger partial charge < -0.3 is 10.1 Å². The molecule has 0 saturated carbocycles. The summed E-state index contributed by atoms with van der Waals surface area (Å²) < 4.78 is 5.78. The van der Waals surface area contributed by atoms with Crippen molar-refractivity contribution in [1.82, 2.24) is 0 Å². The maximum atomic E-state index is 12.7. The number of benzene rings is 1. The molecule has 1 N–H and O–H groups in total. The average molecular weight is 439 g/mol. The molecule has 1 amide bonds. The zero-order valence-electron chi connectivity index (χ0n) is 14.2. The van der Waals surface area contributed by atoms with Crippen LogP contribution in [0.3, 0.4) is 0 Å². The van der Waals surface area contributed by atoms with Crippen LogP contribution in [0.15, 0.2) is 18.2 Å². The number of carbonyl (C=O) groups excluding carboxylic acids is 2. The van der Waals surface area contributed by atoms with E-state index in [-0.39, 0.29) is 22.0 Å². The van der Waals surface area contributed by atoms with Crippen molar-refractivity contribution in [2.45, 2.75) is 13.8 Å². The number of ether oxygens (including phenoxy) is 1. The van der Waals surface area contributed by atoms with Crippen molar-refractivity contribution in [3.63, 3.8) is 0 Å². The molecule has 27 heavy (non-hydrogen) atoms. The molecule has 0 radical (unpaired) electrons. The number of nitrogens with zero attached hydrogens (tertiary/aromatic N) is 1. The predicted molar refractivity (Wildman–Crippen MR) is 110 cm³/mol. The van der Waals surface area contributed by atoms with Gasteiger partial charge in [-0.1, -0.05) is 29.3 Å². The summed E-state index contributed by atoms with van der Waals surface area (Å²) in [6, 6.07) is 7.22. The third kappa shape index (κ3) is 3.66. The average Bonchev–Trinajstić information content (AvgIpc) is 3.11. The number of thiophene rings is 2. The zero-order valence-corrected chi connectivity index (χ0v) is 17.3. The normalized spacial score (nSPS) is 10.6. The van der Waals surface area contributed by atoms with Crippen molar-refractivity contribution in [1.29, 1.82) is 5.26 Å². The molecule has 3 rings (SSSR count). The minimum absolute atomic E-state index is 0.222. The number of halogens is 2. The predicted octanol–water partition coefficient (Wildman–Crippen LogP) is 5.88. The lowest BCUT2D eigenvalue weighted by Gasteiger charge is -2.01. The van der Waals surface area contributed by atoms with Crippen LogP contribution in [-0.2, 0) is 4.74 Å². The quantitative estimate of drug-likeness (QED) is 0.515. The first kappa shape index (κ1) is 19.6. The largest absolute Gasteiger partial charge is 0.462 e. The molecule has 138 valence electrons. The molecular formula is C18H12Cl2N2O3S2. The van der Waals surface area contributed by atoms with Crippen LogP contribution in [0.1, 0.15) is 37.4 Å². The highest BCUT2D eigenvalue weighted by Gasteiger charge is 2.24. The third-order valence-electron chi connectivity index (χ3n) is 3.74. The summed E-state index contributed by atoms with van der Waals surface area (Å²) in [5.74, 6) is -0.975. The summed E-state index contributed by atoms with van der Waals surface area (Å²) in [6.07, 6.45) is 0. The molecule has 2 heterocycles. The summed E-state index contributed by atoms with van der Waals surface area (Å²) in [5, 5.41) is 14.0. The number of hydrogen-bond acceptors (Lipinski definition) is 6. The fourth-order valence-corrected chi connectivity index (χ4v) is 5.21. The fraction of sp³-hybridized carbons (Fsp3) is 0.167. The van der Waals surface area contributed by atoms with Gasteiger partial charge in [0.05, 0.1) is 17.2 Å². The monoisotopic (exact) mass is 438 g/mol. The Kier molecular flexibility index (Phi) is 5.72. The van der Waals surface area contributed by atoms with E-state index in [1.54, 1.807) is 32.0 Å². The molecule has 9 heteroatoms. The molecule has 0 atom stereocenters. The Morgan fingerprint density at radius 1 is 1.26 bits per heavy atom. The Hall–Kier alpha value is -2.11. The van der Waals surface area contributed by atoms with E-state index in [1.807, 2.05) is 6.07 Å². The van der Waals surface area contributed by atoms with Gasteiger partial charge in [-0.05, 0) is 31.5 Å². The molecule has 1 aromatic carbocycles. The lowest BCUT2D eigenvalue weighted by atomic mass is 10.2. The van der Waals surface area contributed by atoms with Crippen LogP contribution < -0.4 is 5.32 Å². The van der Waals surface area contributed by atoms with E-state index in [2.05, 4.69) is 5.32 Å². The van der Waals surface area contributed by atoms with Crippen molar-refractivity contribution in [3.8, 4) is 6.07 Å². The molecular weight excluding hydrogens is 427 g/mol. The van der Waals surface area contributed by atoms with Gasteiger partial charge in [-0.15, -0.1) is 22.7 Å². The molecule has 3 aromatic rings. The van der Waals surface area contributed by atoms with Gasteiger partial charge in [-0.25, -0.2) is 4.79 Å². The molecule has 0 aliphatic rings. The van der Waals surface area contributed by atoms with Gasteiger partial charge in [0, 0.05) is 15.1 Å². The highest BCUT2D eigenvalue weighted by molar-refractivity contribution is 7.22. The Balaban J connectivity index is 1.97. The highest BCUT2D eigenvalue weighted by Crippen LogP contribution is 2.38. The lowest BCUT2D eigenvalue weighted by molar-refractivity contribution is 0.0531. The van der Waals surface area contributed by atoms with Crippen LogP contribution in [-0.4, -0.2) is 18.5 Å². The number of nitriles is 1. The van der Waals surface area contributed by atoms with Crippen LogP contribution in [0.25, 0.3) is 10.1 Å². The first-order chi connectivity index (χ1) is 12.9. The van der Waals surface area contributed by atoms with Gasteiger partial charge in [0.1, 0.15) is 20.8 Å². The number of anilines is 1. The van der Waals surface area contributed by atoms with E-state index in [4.69, 9.17) is 27.9 Å². The smallest absolute Gasteiger partial charge is 0.348 e. The van der Waals surface area contributed by atoms with Crippen molar-refractivity contribution < 1.29 is 14.3 Å². The third-order valence-corrected chi connectivity index (χ3v) is 6.82. The Labute approximate surface area is 173 Å². The second kappa shape index (κ2) is 7.87. The number of esters is 1. The van der Waals surface area contributed by atoms with Crippen molar-refractivity contribution in [2.75, 3.05) is 11.9 Å². The van der Waals surface area contributed by atoms with Crippen LogP contribution in [0.5, 0.6) is 0 Å². The van der Waals surface area contributed by atoms with E-state index in [0.29, 0.717) is 20.5 Å². The SMILES string of the molecule is CCOC(=O)c1sc(NC(=O)c2sc3cc(Cl)ccc3c2Cl)c(C#N)c1C. The number of hydrogen-bond donors (Lipinski definition) is 1. The maximum Gasteiger partial charge on any atom is 0.348 e. The summed E-state index contributed by atoms with van der Waals surface area (Å²) >= 11 is 14.5. The molecule has 5 nitrogen and oxygen atoms in total. The number of amides is 1. The van der Waals surface area contributed by atoms with Crippen LogP contribution in [0.4, 0.5) is 5.00 Å². The van der Waals surface area contributed by atoms with Crippen LogP contribution in [0.2, 0.25) is 10.0 Å². The maximum absolute atomic E-state index is 12.7. The summed E-state index contributed by atoms with van der Waals surface area (Å²) in [7, 11) is 0. The van der Waals surface area contributed by atoms with E-state index >= 15 is 0 Å².